The van der Waals surface area contributed by atoms with Gasteiger partial charge in [-0.05, 0) is 43.3 Å². The molecule has 0 amide bonds. The zero-order chi connectivity index (χ0) is 15.2. The maximum Gasteiger partial charge on any atom is 0.352 e. The van der Waals surface area contributed by atoms with Gasteiger partial charge in [0, 0.05) is 0 Å². The van der Waals surface area contributed by atoms with Crippen LogP contribution in [0.2, 0.25) is 0 Å². The Morgan fingerprint density at radius 3 is 2.29 bits per heavy atom. The van der Waals surface area contributed by atoms with Gasteiger partial charge in [-0.1, -0.05) is 12.1 Å². The van der Waals surface area contributed by atoms with E-state index in [2.05, 4.69) is 0 Å². The predicted octanol–water partition coefficient (Wildman–Crippen LogP) is 3.21. The monoisotopic (exact) mass is 290 g/mol. The van der Waals surface area contributed by atoms with Gasteiger partial charge < -0.3 is 14.2 Å². The highest BCUT2D eigenvalue weighted by molar-refractivity contribution is 5.77. The van der Waals surface area contributed by atoms with E-state index in [9.17, 15) is 9.18 Å². The molecule has 2 rings (SSSR count). The quantitative estimate of drug-likeness (QED) is 0.626. The van der Waals surface area contributed by atoms with Gasteiger partial charge in [0.25, 0.3) is 0 Å². The maximum atomic E-state index is 13.4. The van der Waals surface area contributed by atoms with Gasteiger partial charge >= 0.3 is 5.97 Å². The number of benzene rings is 2. The first-order valence-electron chi connectivity index (χ1n) is 6.37. The lowest BCUT2D eigenvalue weighted by atomic mass is 10.3. The molecule has 0 aliphatic rings. The standard InChI is InChI=1S/C16H15FO4/c1-11(20-15-6-4-3-5-14(15)17)16(18)21-13-9-7-12(19-2)8-10-13/h3-11H,1-2H3. The first kappa shape index (κ1) is 14.8. The number of ether oxygens (including phenoxy) is 3. The summed E-state index contributed by atoms with van der Waals surface area (Å²) in [7, 11) is 1.55. The molecule has 4 nitrogen and oxygen atoms in total. The number of methoxy groups -OCH3 is 1. The summed E-state index contributed by atoms with van der Waals surface area (Å²) < 4.78 is 28.8. The van der Waals surface area contributed by atoms with E-state index in [4.69, 9.17) is 14.2 Å². The van der Waals surface area contributed by atoms with E-state index in [1.165, 1.54) is 19.1 Å². The minimum atomic E-state index is -0.927. The third-order valence-electron chi connectivity index (χ3n) is 2.75. The molecule has 1 unspecified atom stereocenters. The SMILES string of the molecule is COc1ccc(OC(=O)C(C)Oc2ccccc2F)cc1. The summed E-state index contributed by atoms with van der Waals surface area (Å²) in [4.78, 5) is 11.9. The van der Waals surface area contributed by atoms with E-state index in [1.807, 2.05) is 0 Å². The Balaban J connectivity index is 1.97. The molecule has 0 aliphatic heterocycles. The van der Waals surface area contributed by atoms with Crippen molar-refractivity contribution in [3.05, 3.63) is 54.3 Å². The van der Waals surface area contributed by atoms with Crippen molar-refractivity contribution in [2.24, 2.45) is 0 Å². The number of carbonyl (C=O) groups excluding carboxylic acids is 1. The first-order valence-corrected chi connectivity index (χ1v) is 6.37. The highest BCUT2D eigenvalue weighted by atomic mass is 19.1. The lowest BCUT2D eigenvalue weighted by Gasteiger charge is -2.14. The molecule has 2 aromatic rings. The fourth-order valence-corrected chi connectivity index (χ4v) is 1.62. The van der Waals surface area contributed by atoms with Crippen molar-refractivity contribution in [3.8, 4) is 17.2 Å². The summed E-state index contributed by atoms with van der Waals surface area (Å²) in [6, 6.07) is 12.4. The van der Waals surface area contributed by atoms with Gasteiger partial charge in [-0.2, -0.15) is 0 Å². The molecule has 0 N–H and O–H groups in total. The lowest BCUT2D eigenvalue weighted by molar-refractivity contribution is -0.141. The molecule has 0 aromatic heterocycles. The molecule has 21 heavy (non-hydrogen) atoms. The Morgan fingerprint density at radius 1 is 1.05 bits per heavy atom. The number of hydrogen-bond donors (Lipinski definition) is 0. The molecule has 0 heterocycles. The fourth-order valence-electron chi connectivity index (χ4n) is 1.62. The number of hydrogen-bond acceptors (Lipinski definition) is 4. The zero-order valence-electron chi connectivity index (χ0n) is 11.7. The van der Waals surface area contributed by atoms with Gasteiger partial charge in [-0.3, -0.25) is 0 Å². The second-order valence-electron chi connectivity index (χ2n) is 4.29. The zero-order valence-corrected chi connectivity index (χ0v) is 11.7. The van der Waals surface area contributed by atoms with Crippen molar-refractivity contribution < 1.29 is 23.4 Å². The Hall–Kier alpha value is -2.56. The van der Waals surface area contributed by atoms with Gasteiger partial charge in [0.05, 0.1) is 7.11 Å². The second kappa shape index (κ2) is 6.74. The van der Waals surface area contributed by atoms with Crippen LogP contribution in [-0.4, -0.2) is 19.2 Å². The first-order chi connectivity index (χ1) is 10.1. The predicted molar refractivity (Wildman–Crippen MR) is 75.1 cm³/mol. The van der Waals surface area contributed by atoms with Crippen LogP contribution in [0.4, 0.5) is 4.39 Å². The topological polar surface area (TPSA) is 44.8 Å². The molecule has 0 saturated carbocycles. The van der Waals surface area contributed by atoms with Crippen LogP contribution < -0.4 is 14.2 Å². The van der Waals surface area contributed by atoms with E-state index in [1.54, 1.807) is 43.5 Å². The normalized spacial score (nSPS) is 11.6. The Kier molecular flexibility index (Phi) is 4.77. The molecular formula is C16H15FO4. The van der Waals surface area contributed by atoms with Crippen molar-refractivity contribution in [2.75, 3.05) is 7.11 Å². The van der Waals surface area contributed by atoms with E-state index in [0.29, 0.717) is 11.5 Å². The van der Waals surface area contributed by atoms with Gasteiger partial charge in [0.1, 0.15) is 11.5 Å². The number of rotatable bonds is 5. The molecule has 0 aliphatic carbocycles. The average Bonchev–Trinajstić information content (AvgIpc) is 2.50. The molecule has 5 heteroatoms. The van der Waals surface area contributed by atoms with E-state index in [0.717, 1.165) is 0 Å². The number of para-hydroxylation sites is 1. The highest BCUT2D eigenvalue weighted by Crippen LogP contribution is 2.20. The van der Waals surface area contributed by atoms with Gasteiger partial charge in [0.15, 0.2) is 17.7 Å². The Bertz CT molecular complexity index is 610. The van der Waals surface area contributed by atoms with Crippen molar-refractivity contribution in [3.63, 3.8) is 0 Å². The summed E-state index contributed by atoms with van der Waals surface area (Å²) in [5.74, 6) is -0.100. The largest absolute Gasteiger partial charge is 0.497 e. The summed E-state index contributed by atoms with van der Waals surface area (Å²) in [5.41, 5.74) is 0. The lowest BCUT2D eigenvalue weighted by Crippen LogP contribution is -2.28. The summed E-state index contributed by atoms with van der Waals surface area (Å²) in [5, 5.41) is 0. The minimum absolute atomic E-state index is 0.0108. The van der Waals surface area contributed by atoms with Crippen molar-refractivity contribution >= 4 is 5.97 Å². The van der Waals surface area contributed by atoms with Crippen LogP contribution in [0.5, 0.6) is 17.2 Å². The third-order valence-corrected chi connectivity index (χ3v) is 2.75. The van der Waals surface area contributed by atoms with Gasteiger partial charge in [-0.15, -0.1) is 0 Å². The van der Waals surface area contributed by atoms with Crippen LogP contribution in [-0.2, 0) is 4.79 Å². The Morgan fingerprint density at radius 2 is 1.67 bits per heavy atom. The molecule has 0 saturated heterocycles. The summed E-state index contributed by atoms with van der Waals surface area (Å²) in [6.45, 7) is 1.50. The van der Waals surface area contributed by atoms with Crippen molar-refractivity contribution in [1.29, 1.82) is 0 Å². The smallest absolute Gasteiger partial charge is 0.352 e. The third kappa shape index (κ3) is 3.95. The molecular weight excluding hydrogens is 275 g/mol. The van der Waals surface area contributed by atoms with Gasteiger partial charge in [0.2, 0.25) is 0 Å². The van der Waals surface area contributed by atoms with Crippen LogP contribution in [0.15, 0.2) is 48.5 Å². The van der Waals surface area contributed by atoms with E-state index < -0.39 is 17.9 Å². The summed E-state index contributed by atoms with van der Waals surface area (Å²) >= 11 is 0. The molecule has 0 radical (unpaired) electrons. The van der Waals surface area contributed by atoms with Crippen LogP contribution in [0.1, 0.15) is 6.92 Å². The van der Waals surface area contributed by atoms with Crippen molar-refractivity contribution in [1.82, 2.24) is 0 Å². The van der Waals surface area contributed by atoms with Crippen molar-refractivity contribution in [2.45, 2.75) is 13.0 Å². The highest BCUT2D eigenvalue weighted by Gasteiger charge is 2.18. The van der Waals surface area contributed by atoms with Crippen LogP contribution >= 0.6 is 0 Å². The molecule has 110 valence electrons. The number of carbonyl (C=O) groups is 1. The van der Waals surface area contributed by atoms with Gasteiger partial charge in [-0.25, -0.2) is 9.18 Å². The number of halogens is 1. The van der Waals surface area contributed by atoms with Crippen LogP contribution in [0.3, 0.4) is 0 Å². The van der Waals surface area contributed by atoms with Crippen LogP contribution in [0.25, 0.3) is 0 Å². The molecule has 0 fully saturated rings. The molecule has 2 aromatic carbocycles. The second-order valence-corrected chi connectivity index (χ2v) is 4.29. The fraction of sp³-hybridized carbons (Fsp3) is 0.188. The molecule has 1 atom stereocenters. The van der Waals surface area contributed by atoms with E-state index in [-0.39, 0.29) is 5.75 Å². The average molecular weight is 290 g/mol. The van der Waals surface area contributed by atoms with E-state index >= 15 is 0 Å². The minimum Gasteiger partial charge on any atom is -0.497 e. The Labute approximate surface area is 122 Å². The summed E-state index contributed by atoms with van der Waals surface area (Å²) in [6.07, 6.45) is -0.927. The van der Waals surface area contributed by atoms with Crippen LogP contribution in [0, 0.1) is 5.82 Å². The number of esters is 1. The molecule has 0 spiro atoms. The maximum absolute atomic E-state index is 13.4. The molecule has 0 bridgehead atoms.